The van der Waals surface area contributed by atoms with Crippen molar-refractivity contribution in [2.45, 2.75) is 40.9 Å². The predicted octanol–water partition coefficient (Wildman–Crippen LogP) is 4.06. The first-order valence-electron chi connectivity index (χ1n) is 6.54. The molecular formula is C15H23F2NO. The predicted molar refractivity (Wildman–Crippen MR) is 73.4 cm³/mol. The maximum absolute atomic E-state index is 12.3. The lowest BCUT2D eigenvalue weighted by atomic mass is 9.82. The Labute approximate surface area is 114 Å². The van der Waals surface area contributed by atoms with E-state index >= 15 is 0 Å². The molecule has 1 rings (SSSR count). The van der Waals surface area contributed by atoms with E-state index in [1.54, 1.807) is 18.2 Å². The Morgan fingerprint density at radius 1 is 1.21 bits per heavy atom. The first-order valence-corrected chi connectivity index (χ1v) is 6.54. The maximum atomic E-state index is 12.3. The van der Waals surface area contributed by atoms with Gasteiger partial charge in [0.05, 0.1) is 0 Å². The minimum absolute atomic E-state index is 0.228. The Balaban J connectivity index is 2.54. The fourth-order valence-electron chi connectivity index (χ4n) is 1.59. The van der Waals surface area contributed by atoms with Crippen molar-refractivity contribution in [3.05, 3.63) is 29.8 Å². The summed E-state index contributed by atoms with van der Waals surface area (Å²) in [6.07, 6.45) is 0. The molecule has 2 nitrogen and oxygen atoms in total. The molecule has 0 spiro atoms. The van der Waals surface area contributed by atoms with Gasteiger partial charge in [-0.3, -0.25) is 0 Å². The van der Waals surface area contributed by atoms with Crippen molar-refractivity contribution in [2.24, 2.45) is 11.3 Å². The number of benzene rings is 1. The molecule has 0 aliphatic carbocycles. The zero-order valence-corrected chi connectivity index (χ0v) is 12.0. The van der Waals surface area contributed by atoms with E-state index in [0.717, 1.165) is 12.1 Å². The van der Waals surface area contributed by atoms with Crippen molar-refractivity contribution in [1.82, 2.24) is 5.32 Å². The van der Waals surface area contributed by atoms with Crippen LogP contribution in [-0.4, -0.2) is 13.2 Å². The Hall–Kier alpha value is -1.16. The lowest BCUT2D eigenvalue weighted by molar-refractivity contribution is -0.0505. The summed E-state index contributed by atoms with van der Waals surface area (Å²) in [5.74, 6) is 0.740. The van der Waals surface area contributed by atoms with Crippen LogP contribution in [0.2, 0.25) is 0 Å². The van der Waals surface area contributed by atoms with Crippen LogP contribution >= 0.6 is 0 Å². The van der Waals surface area contributed by atoms with Gasteiger partial charge in [0.2, 0.25) is 0 Å². The number of hydrogen-bond acceptors (Lipinski definition) is 2. The summed E-state index contributed by atoms with van der Waals surface area (Å²) in [6, 6.07) is 6.88. The van der Waals surface area contributed by atoms with E-state index in [4.69, 9.17) is 0 Å². The lowest BCUT2D eigenvalue weighted by Crippen LogP contribution is -2.29. The van der Waals surface area contributed by atoms with Crippen molar-refractivity contribution in [1.29, 1.82) is 0 Å². The molecule has 1 aromatic carbocycles. The zero-order chi connectivity index (χ0) is 14.5. The molecule has 0 aromatic heterocycles. The molecule has 1 unspecified atom stereocenters. The largest absolute Gasteiger partial charge is 0.434 e. The van der Waals surface area contributed by atoms with Crippen molar-refractivity contribution in [2.75, 3.05) is 6.54 Å². The van der Waals surface area contributed by atoms with Crippen LogP contribution in [0.1, 0.15) is 33.3 Å². The third-order valence-corrected chi connectivity index (χ3v) is 3.43. The molecule has 0 heterocycles. The van der Waals surface area contributed by atoms with E-state index < -0.39 is 6.61 Å². The standard InChI is InChI=1S/C15H23F2NO/c1-11(15(2,3)4)9-18-10-12-7-5-6-8-13(12)19-14(16)17/h5-8,11,14,18H,9-10H2,1-4H3. The van der Waals surface area contributed by atoms with Gasteiger partial charge in [-0.25, -0.2) is 0 Å². The molecule has 1 aromatic rings. The van der Waals surface area contributed by atoms with Crippen LogP contribution in [0.5, 0.6) is 5.75 Å². The average molecular weight is 271 g/mol. The molecule has 108 valence electrons. The van der Waals surface area contributed by atoms with Crippen molar-refractivity contribution in [3.8, 4) is 5.75 Å². The molecule has 1 N–H and O–H groups in total. The number of rotatable bonds is 6. The average Bonchev–Trinajstić information content (AvgIpc) is 2.29. The van der Waals surface area contributed by atoms with Gasteiger partial charge in [-0.05, 0) is 23.9 Å². The summed E-state index contributed by atoms with van der Waals surface area (Å²) in [6.45, 7) is 7.33. The lowest BCUT2D eigenvalue weighted by Gasteiger charge is -2.27. The maximum Gasteiger partial charge on any atom is 0.387 e. The van der Waals surface area contributed by atoms with E-state index in [9.17, 15) is 8.78 Å². The van der Waals surface area contributed by atoms with Gasteiger partial charge in [0.1, 0.15) is 5.75 Å². The number of hydrogen-bond donors (Lipinski definition) is 1. The fourth-order valence-corrected chi connectivity index (χ4v) is 1.59. The zero-order valence-electron chi connectivity index (χ0n) is 12.0. The highest BCUT2D eigenvalue weighted by Gasteiger charge is 2.19. The second kappa shape index (κ2) is 6.85. The smallest absolute Gasteiger partial charge is 0.387 e. The Kier molecular flexibility index (Phi) is 5.73. The van der Waals surface area contributed by atoms with Crippen LogP contribution in [-0.2, 0) is 6.54 Å². The molecule has 0 saturated heterocycles. The van der Waals surface area contributed by atoms with Gasteiger partial charge in [-0.2, -0.15) is 8.78 Å². The van der Waals surface area contributed by atoms with Gasteiger partial charge in [-0.15, -0.1) is 0 Å². The molecule has 0 aliphatic heterocycles. The SMILES string of the molecule is CC(CNCc1ccccc1OC(F)F)C(C)(C)C. The highest BCUT2D eigenvalue weighted by Crippen LogP contribution is 2.25. The molecule has 19 heavy (non-hydrogen) atoms. The van der Waals surface area contributed by atoms with Crippen molar-refractivity contribution < 1.29 is 13.5 Å². The van der Waals surface area contributed by atoms with Crippen LogP contribution < -0.4 is 10.1 Å². The third-order valence-electron chi connectivity index (χ3n) is 3.43. The van der Waals surface area contributed by atoms with E-state index in [1.165, 1.54) is 0 Å². The van der Waals surface area contributed by atoms with E-state index in [-0.39, 0.29) is 11.2 Å². The van der Waals surface area contributed by atoms with Crippen molar-refractivity contribution in [3.63, 3.8) is 0 Å². The topological polar surface area (TPSA) is 21.3 Å². The van der Waals surface area contributed by atoms with Gasteiger partial charge in [-0.1, -0.05) is 45.9 Å². The summed E-state index contributed by atoms with van der Waals surface area (Å²) >= 11 is 0. The van der Waals surface area contributed by atoms with Gasteiger partial charge in [0.15, 0.2) is 0 Å². The summed E-state index contributed by atoms with van der Waals surface area (Å²) in [5.41, 5.74) is 0.982. The molecule has 4 heteroatoms. The normalized spacial score (nSPS) is 13.6. The number of ether oxygens (including phenoxy) is 1. The summed E-state index contributed by atoms with van der Waals surface area (Å²) < 4.78 is 29.0. The van der Waals surface area contributed by atoms with Crippen LogP contribution in [0.3, 0.4) is 0 Å². The minimum Gasteiger partial charge on any atom is -0.434 e. The van der Waals surface area contributed by atoms with E-state index in [0.29, 0.717) is 12.5 Å². The first kappa shape index (κ1) is 15.9. The molecule has 0 bridgehead atoms. The van der Waals surface area contributed by atoms with E-state index in [1.807, 2.05) is 6.07 Å². The molecule has 0 radical (unpaired) electrons. The monoisotopic (exact) mass is 271 g/mol. The summed E-state index contributed by atoms with van der Waals surface area (Å²) in [5, 5.41) is 3.30. The van der Waals surface area contributed by atoms with Gasteiger partial charge in [0, 0.05) is 12.1 Å². The highest BCUT2D eigenvalue weighted by atomic mass is 19.3. The fraction of sp³-hybridized carbons (Fsp3) is 0.600. The molecule has 1 atom stereocenters. The Bertz CT molecular complexity index is 388. The summed E-state index contributed by atoms with van der Waals surface area (Å²) in [4.78, 5) is 0. The second-order valence-corrected chi connectivity index (χ2v) is 5.88. The molecule has 0 amide bonds. The Morgan fingerprint density at radius 2 is 1.84 bits per heavy atom. The first-order chi connectivity index (χ1) is 8.80. The molecule has 0 aliphatic rings. The second-order valence-electron chi connectivity index (χ2n) is 5.88. The number of nitrogens with one attached hydrogen (secondary N) is 1. The third kappa shape index (κ3) is 5.55. The van der Waals surface area contributed by atoms with Gasteiger partial charge >= 0.3 is 6.61 Å². The molecular weight excluding hydrogens is 248 g/mol. The van der Waals surface area contributed by atoms with Gasteiger partial charge < -0.3 is 10.1 Å². The minimum atomic E-state index is -2.78. The number of halogens is 2. The van der Waals surface area contributed by atoms with Crippen LogP contribution in [0.15, 0.2) is 24.3 Å². The summed E-state index contributed by atoms with van der Waals surface area (Å²) in [7, 11) is 0. The quantitative estimate of drug-likeness (QED) is 0.842. The number of para-hydroxylation sites is 1. The molecule has 0 saturated carbocycles. The van der Waals surface area contributed by atoms with Crippen LogP contribution in [0.25, 0.3) is 0 Å². The number of alkyl halides is 2. The van der Waals surface area contributed by atoms with Crippen LogP contribution in [0, 0.1) is 11.3 Å². The Morgan fingerprint density at radius 3 is 2.42 bits per heavy atom. The van der Waals surface area contributed by atoms with Crippen molar-refractivity contribution >= 4 is 0 Å². The molecule has 0 fully saturated rings. The highest BCUT2D eigenvalue weighted by molar-refractivity contribution is 5.33. The van der Waals surface area contributed by atoms with Crippen LogP contribution in [0.4, 0.5) is 8.78 Å². The van der Waals surface area contributed by atoms with Gasteiger partial charge in [0.25, 0.3) is 0 Å². The van der Waals surface area contributed by atoms with E-state index in [2.05, 4.69) is 37.7 Å².